The lowest BCUT2D eigenvalue weighted by Gasteiger charge is -2.01. The maximum Gasteiger partial charge on any atom is 0.250 e. The van der Waals surface area contributed by atoms with Gasteiger partial charge in [0.25, 0.3) is 5.95 Å². The van der Waals surface area contributed by atoms with Gasteiger partial charge in [-0.1, -0.05) is 11.6 Å². The van der Waals surface area contributed by atoms with Crippen molar-refractivity contribution >= 4 is 17.3 Å². The molecule has 6 heteroatoms. The van der Waals surface area contributed by atoms with E-state index in [9.17, 15) is 0 Å². The van der Waals surface area contributed by atoms with Gasteiger partial charge in [0.1, 0.15) is 0 Å². The summed E-state index contributed by atoms with van der Waals surface area (Å²) in [4.78, 5) is 8.19. The van der Waals surface area contributed by atoms with Crippen molar-refractivity contribution in [1.29, 1.82) is 0 Å². The Hall–Kier alpha value is -1.62. The van der Waals surface area contributed by atoms with Gasteiger partial charge in [-0.2, -0.15) is 5.10 Å². The molecule has 2 aromatic heterocycles. The highest BCUT2D eigenvalue weighted by atomic mass is 35.5. The number of anilines is 1. The first kappa shape index (κ1) is 8.96. The molecule has 0 radical (unpaired) electrons. The van der Waals surface area contributed by atoms with Gasteiger partial charge in [0.05, 0.1) is 35.0 Å². The molecule has 0 bridgehead atoms. The fraction of sp³-hybridized carbons (Fsp3) is 0.125. The average molecular weight is 210 g/mol. The molecule has 0 saturated carbocycles. The largest absolute Gasteiger partial charge is 0.396 e. The van der Waals surface area contributed by atoms with Crippen LogP contribution in [0.2, 0.25) is 5.02 Å². The van der Waals surface area contributed by atoms with Gasteiger partial charge >= 0.3 is 0 Å². The predicted octanol–water partition coefficient (Wildman–Crippen LogP) is 1.21. The Labute approximate surface area is 85.5 Å². The Morgan fingerprint density at radius 2 is 2.21 bits per heavy atom. The maximum atomic E-state index is 5.72. The van der Waals surface area contributed by atoms with Crippen LogP contribution in [-0.2, 0) is 0 Å². The Morgan fingerprint density at radius 1 is 1.43 bits per heavy atom. The average Bonchev–Trinajstić information content (AvgIpc) is 2.57. The van der Waals surface area contributed by atoms with Gasteiger partial charge in [0, 0.05) is 0 Å². The van der Waals surface area contributed by atoms with Crippen LogP contribution in [-0.4, -0.2) is 19.7 Å². The molecule has 2 rings (SSSR count). The van der Waals surface area contributed by atoms with E-state index in [4.69, 9.17) is 17.3 Å². The normalized spacial score (nSPS) is 10.4. The van der Waals surface area contributed by atoms with Gasteiger partial charge in [0.2, 0.25) is 0 Å². The summed E-state index contributed by atoms with van der Waals surface area (Å²) in [6.07, 6.45) is 4.70. The number of nitrogen functional groups attached to an aromatic ring is 1. The van der Waals surface area contributed by atoms with Crippen molar-refractivity contribution in [3.63, 3.8) is 0 Å². The third-order valence-electron chi connectivity index (χ3n) is 1.76. The van der Waals surface area contributed by atoms with Crippen LogP contribution in [0.4, 0.5) is 5.69 Å². The van der Waals surface area contributed by atoms with Crippen LogP contribution in [0, 0.1) is 6.92 Å². The molecule has 2 heterocycles. The summed E-state index contributed by atoms with van der Waals surface area (Å²) in [5.41, 5.74) is 6.88. The van der Waals surface area contributed by atoms with E-state index in [1.165, 1.54) is 10.9 Å². The third kappa shape index (κ3) is 1.54. The summed E-state index contributed by atoms with van der Waals surface area (Å²) in [6, 6.07) is 0. The van der Waals surface area contributed by atoms with E-state index in [1.54, 1.807) is 12.4 Å². The van der Waals surface area contributed by atoms with E-state index in [-0.39, 0.29) is 0 Å². The van der Waals surface area contributed by atoms with Crippen LogP contribution in [0.5, 0.6) is 0 Å². The molecular weight excluding hydrogens is 202 g/mol. The number of aryl methyl sites for hydroxylation is 1. The Morgan fingerprint density at radius 3 is 2.79 bits per heavy atom. The highest BCUT2D eigenvalue weighted by molar-refractivity contribution is 6.30. The lowest BCUT2D eigenvalue weighted by atomic mass is 10.4. The molecule has 14 heavy (non-hydrogen) atoms. The minimum absolute atomic E-state index is 0.462. The Kier molecular flexibility index (Phi) is 2.09. The molecule has 0 unspecified atom stereocenters. The molecular formula is C8H8ClN5. The number of rotatable bonds is 1. The zero-order chi connectivity index (χ0) is 10.1. The van der Waals surface area contributed by atoms with Crippen LogP contribution >= 0.6 is 11.6 Å². The van der Waals surface area contributed by atoms with Crippen molar-refractivity contribution in [3.8, 4) is 5.95 Å². The Bertz CT molecular complexity index is 465. The zero-order valence-electron chi connectivity index (χ0n) is 7.48. The summed E-state index contributed by atoms with van der Waals surface area (Å²) in [5.74, 6) is 0.462. The van der Waals surface area contributed by atoms with Gasteiger partial charge in [-0.3, -0.25) is 0 Å². The number of hydrogen-bond acceptors (Lipinski definition) is 4. The first-order valence-corrected chi connectivity index (χ1v) is 4.34. The van der Waals surface area contributed by atoms with Crippen molar-refractivity contribution in [2.75, 3.05) is 5.73 Å². The SMILES string of the molecule is Cc1nc(-n2cc(Cl)cn2)ncc1N. The van der Waals surface area contributed by atoms with Crippen LogP contribution in [0.25, 0.3) is 5.95 Å². The summed E-state index contributed by atoms with van der Waals surface area (Å²) in [6.45, 7) is 1.81. The van der Waals surface area contributed by atoms with E-state index in [2.05, 4.69) is 15.1 Å². The predicted molar refractivity (Wildman–Crippen MR) is 53.3 cm³/mol. The first-order valence-electron chi connectivity index (χ1n) is 3.96. The molecule has 0 fully saturated rings. The van der Waals surface area contributed by atoms with Crippen molar-refractivity contribution in [3.05, 3.63) is 29.3 Å². The van der Waals surface area contributed by atoms with Crippen molar-refractivity contribution < 1.29 is 0 Å². The quantitative estimate of drug-likeness (QED) is 0.767. The topological polar surface area (TPSA) is 69.6 Å². The highest BCUT2D eigenvalue weighted by Gasteiger charge is 2.03. The van der Waals surface area contributed by atoms with Gasteiger partial charge in [-0.05, 0) is 6.92 Å². The van der Waals surface area contributed by atoms with Gasteiger partial charge in [-0.25, -0.2) is 14.6 Å². The molecule has 0 aromatic carbocycles. The summed E-state index contributed by atoms with van der Waals surface area (Å²) in [7, 11) is 0. The lowest BCUT2D eigenvalue weighted by Crippen LogP contribution is -2.04. The van der Waals surface area contributed by atoms with E-state index < -0.39 is 0 Å². The highest BCUT2D eigenvalue weighted by Crippen LogP contribution is 2.10. The van der Waals surface area contributed by atoms with E-state index in [0.717, 1.165) is 5.69 Å². The van der Waals surface area contributed by atoms with Gasteiger partial charge in [-0.15, -0.1) is 0 Å². The molecule has 0 atom stereocenters. The van der Waals surface area contributed by atoms with E-state index in [1.807, 2.05) is 6.92 Å². The monoisotopic (exact) mass is 209 g/mol. The van der Waals surface area contributed by atoms with Gasteiger partial charge < -0.3 is 5.73 Å². The molecule has 72 valence electrons. The number of hydrogen-bond donors (Lipinski definition) is 1. The molecule has 0 aliphatic rings. The third-order valence-corrected chi connectivity index (χ3v) is 1.96. The molecule has 2 aromatic rings. The van der Waals surface area contributed by atoms with Crippen LogP contribution < -0.4 is 5.73 Å². The lowest BCUT2D eigenvalue weighted by molar-refractivity contribution is 0.802. The summed E-state index contributed by atoms with van der Waals surface area (Å²) >= 11 is 5.72. The van der Waals surface area contributed by atoms with Crippen molar-refractivity contribution in [2.45, 2.75) is 6.92 Å². The Balaban J connectivity index is 2.47. The number of halogens is 1. The molecule has 5 nitrogen and oxygen atoms in total. The van der Waals surface area contributed by atoms with E-state index >= 15 is 0 Å². The molecule has 0 aliphatic heterocycles. The number of nitrogens with zero attached hydrogens (tertiary/aromatic N) is 4. The number of aromatic nitrogens is 4. The second-order valence-electron chi connectivity index (χ2n) is 2.81. The fourth-order valence-corrected chi connectivity index (χ4v) is 1.12. The van der Waals surface area contributed by atoms with Gasteiger partial charge in [0.15, 0.2) is 0 Å². The maximum absolute atomic E-state index is 5.72. The standard InChI is InChI=1S/C8H8ClN5/c1-5-7(10)3-11-8(13-5)14-4-6(9)2-12-14/h2-4H,10H2,1H3. The summed E-state index contributed by atoms with van der Waals surface area (Å²) < 4.78 is 1.49. The molecule has 0 amide bonds. The molecule has 0 saturated heterocycles. The second-order valence-corrected chi connectivity index (χ2v) is 3.25. The minimum Gasteiger partial charge on any atom is -0.396 e. The van der Waals surface area contributed by atoms with Crippen LogP contribution in [0.3, 0.4) is 0 Å². The number of nitrogens with two attached hydrogens (primary N) is 1. The minimum atomic E-state index is 0.462. The van der Waals surface area contributed by atoms with Crippen LogP contribution in [0.1, 0.15) is 5.69 Å². The zero-order valence-corrected chi connectivity index (χ0v) is 8.23. The van der Waals surface area contributed by atoms with Crippen molar-refractivity contribution in [1.82, 2.24) is 19.7 Å². The van der Waals surface area contributed by atoms with Crippen LogP contribution in [0.15, 0.2) is 18.6 Å². The summed E-state index contributed by atoms with van der Waals surface area (Å²) in [5, 5.41) is 4.52. The smallest absolute Gasteiger partial charge is 0.250 e. The first-order chi connectivity index (χ1) is 6.66. The second kappa shape index (κ2) is 3.26. The molecule has 2 N–H and O–H groups in total. The molecule has 0 spiro atoms. The molecule has 0 aliphatic carbocycles. The van der Waals surface area contributed by atoms with E-state index in [0.29, 0.717) is 16.7 Å². The fourth-order valence-electron chi connectivity index (χ4n) is 0.985. The van der Waals surface area contributed by atoms with Crippen molar-refractivity contribution in [2.24, 2.45) is 0 Å².